The normalized spacial score (nSPS) is 10.8. The van der Waals surface area contributed by atoms with Crippen LogP contribution in [0, 0.1) is 5.82 Å². The first-order valence-electron chi connectivity index (χ1n) is 9.44. The molecule has 4 rings (SSSR count). The Bertz CT molecular complexity index is 1380. The van der Waals surface area contributed by atoms with Crippen LogP contribution in [0.4, 0.5) is 10.3 Å². The van der Waals surface area contributed by atoms with Gasteiger partial charge in [0.2, 0.25) is 5.88 Å². The van der Waals surface area contributed by atoms with Gasteiger partial charge in [-0.2, -0.15) is 9.78 Å². The molecule has 10 heteroatoms. The van der Waals surface area contributed by atoms with Gasteiger partial charge in [0.15, 0.2) is 5.69 Å². The number of nitrogens with zero attached hydrogens (tertiary/aromatic N) is 2. The summed E-state index contributed by atoms with van der Waals surface area (Å²) in [7, 11) is 0. The molecule has 0 aliphatic rings. The number of nitrogens with one attached hydrogen (secondary N) is 1. The number of benzene rings is 2. The minimum atomic E-state index is -0.926. The molecule has 0 saturated carbocycles. The molecule has 0 saturated heterocycles. The molecule has 32 heavy (non-hydrogen) atoms. The second kappa shape index (κ2) is 8.64. The minimum Gasteiger partial charge on any atom is -0.461 e. The highest BCUT2D eigenvalue weighted by Crippen LogP contribution is 2.27. The van der Waals surface area contributed by atoms with Crippen LogP contribution in [-0.2, 0) is 4.74 Å². The van der Waals surface area contributed by atoms with E-state index in [0.29, 0.717) is 5.69 Å². The smallest absolute Gasteiger partial charge is 0.359 e. The van der Waals surface area contributed by atoms with Crippen LogP contribution in [0.5, 0.6) is 0 Å². The zero-order valence-corrected chi connectivity index (χ0v) is 17.4. The van der Waals surface area contributed by atoms with Crippen LogP contribution in [0.15, 0.2) is 64.0 Å². The average molecular weight is 456 g/mol. The lowest BCUT2D eigenvalue weighted by Gasteiger charge is -2.09. The summed E-state index contributed by atoms with van der Waals surface area (Å²) in [4.78, 5) is 38.4. The Morgan fingerprint density at radius 3 is 2.62 bits per heavy atom. The zero-order chi connectivity index (χ0) is 22.8. The maximum Gasteiger partial charge on any atom is 0.359 e. The van der Waals surface area contributed by atoms with Crippen molar-refractivity contribution in [1.82, 2.24) is 9.78 Å². The van der Waals surface area contributed by atoms with Gasteiger partial charge in [-0.15, -0.1) is 0 Å². The predicted molar refractivity (Wildman–Crippen MR) is 115 cm³/mol. The number of amides is 1. The molecule has 0 bridgehead atoms. The highest BCUT2D eigenvalue weighted by molar-refractivity contribution is 6.34. The molecule has 0 spiro atoms. The number of hydrogen-bond donors (Lipinski definition) is 1. The lowest BCUT2D eigenvalue weighted by molar-refractivity contribution is 0.0519. The number of anilines is 1. The molecule has 0 radical (unpaired) electrons. The average Bonchev–Trinajstić information content (AvgIpc) is 3.18. The summed E-state index contributed by atoms with van der Waals surface area (Å²) in [6.45, 7) is 1.71. The number of carbonyl (C=O) groups excluding carboxylic acids is 2. The highest BCUT2D eigenvalue weighted by atomic mass is 35.5. The van der Waals surface area contributed by atoms with Crippen molar-refractivity contribution in [2.24, 2.45) is 0 Å². The number of ether oxygens (including phenoxy) is 1. The third-order valence-corrected chi connectivity index (χ3v) is 4.85. The number of fused-ring (bicyclic) bond motifs is 1. The van der Waals surface area contributed by atoms with Crippen LogP contribution in [0.3, 0.4) is 0 Å². The minimum absolute atomic E-state index is 0.0376. The zero-order valence-electron chi connectivity index (χ0n) is 16.6. The van der Waals surface area contributed by atoms with Gasteiger partial charge in [0, 0.05) is 0 Å². The number of esters is 1. The number of rotatable bonds is 5. The topological polar surface area (TPSA) is 103 Å². The lowest BCUT2D eigenvalue weighted by Crippen LogP contribution is -2.25. The van der Waals surface area contributed by atoms with Crippen molar-refractivity contribution in [3.63, 3.8) is 0 Å². The summed E-state index contributed by atoms with van der Waals surface area (Å²) in [6.07, 6.45) is 1.10. The first-order chi connectivity index (χ1) is 15.4. The van der Waals surface area contributed by atoms with Crippen LogP contribution in [-0.4, -0.2) is 28.3 Å². The van der Waals surface area contributed by atoms with E-state index in [0.717, 1.165) is 17.0 Å². The molecular weight excluding hydrogens is 441 g/mol. The summed E-state index contributed by atoms with van der Waals surface area (Å²) in [5, 5.41) is 6.29. The Labute approximate surface area is 185 Å². The summed E-state index contributed by atoms with van der Waals surface area (Å²) in [5.74, 6) is -2.84. The maximum absolute atomic E-state index is 14.1. The molecule has 0 unspecified atom stereocenters. The van der Waals surface area contributed by atoms with Gasteiger partial charge < -0.3 is 9.15 Å². The van der Waals surface area contributed by atoms with Gasteiger partial charge in [0.05, 0.1) is 28.3 Å². The van der Waals surface area contributed by atoms with E-state index in [2.05, 4.69) is 10.4 Å². The fourth-order valence-corrected chi connectivity index (χ4v) is 3.37. The van der Waals surface area contributed by atoms with Crippen molar-refractivity contribution >= 4 is 40.1 Å². The van der Waals surface area contributed by atoms with Crippen LogP contribution >= 0.6 is 11.6 Å². The quantitative estimate of drug-likeness (QED) is 0.452. The number of aromatic nitrogens is 2. The lowest BCUT2D eigenvalue weighted by atomic mass is 10.2. The molecule has 0 fully saturated rings. The number of hydrogen-bond acceptors (Lipinski definition) is 6. The van der Waals surface area contributed by atoms with Gasteiger partial charge in [-0.05, 0) is 31.2 Å². The van der Waals surface area contributed by atoms with Gasteiger partial charge in [-0.1, -0.05) is 35.9 Å². The molecule has 2 aromatic carbocycles. The van der Waals surface area contributed by atoms with Gasteiger partial charge in [0.1, 0.15) is 17.5 Å². The Kier molecular flexibility index (Phi) is 5.74. The molecule has 2 aromatic heterocycles. The molecule has 162 valence electrons. The van der Waals surface area contributed by atoms with E-state index in [1.807, 2.05) is 0 Å². The Hall–Kier alpha value is -3.98. The second-order valence-corrected chi connectivity index (χ2v) is 6.93. The molecule has 1 amide bonds. The van der Waals surface area contributed by atoms with Crippen molar-refractivity contribution in [3.8, 4) is 5.69 Å². The van der Waals surface area contributed by atoms with E-state index in [1.165, 1.54) is 12.1 Å². The van der Waals surface area contributed by atoms with E-state index < -0.39 is 28.8 Å². The van der Waals surface area contributed by atoms with Crippen LogP contribution in [0.25, 0.3) is 16.5 Å². The van der Waals surface area contributed by atoms with E-state index in [4.69, 9.17) is 20.8 Å². The van der Waals surface area contributed by atoms with Crippen molar-refractivity contribution in [2.45, 2.75) is 6.92 Å². The third kappa shape index (κ3) is 3.74. The first kappa shape index (κ1) is 21.3. The third-order valence-electron chi connectivity index (χ3n) is 4.54. The summed E-state index contributed by atoms with van der Waals surface area (Å²) < 4.78 is 25.6. The fraction of sp³-hybridized carbons (Fsp3) is 0.0909. The van der Waals surface area contributed by atoms with Crippen molar-refractivity contribution in [2.75, 3.05) is 11.9 Å². The van der Waals surface area contributed by atoms with Crippen LogP contribution in [0.2, 0.25) is 5.02 Å². The van der Waals surface area contributed by atoms with E-state index in [9.17, 15) is 18.8 Å². The van der Waals surface area contributed by atoms with Crippen LogP contribution < -0.4 is 10.9 Å². The summed E-state index contributed by atoms with van der Waals surface area (Å²) >= 11 is 5.95. The maximum atomic E-state index is 14.1. The van der Waals surface area contributed by atoms with Gasteiger partial charge >= 0.3 is 5.97 Å². The molecular formula is C22H15ClFN3O5. The monoisotopic (exact) mass is 455 g/mol. The van der Waals surface area contributed by atoms with Gasteiger partial charge in [-0.25, -0.2) is 9.18 Å². The molecule has 8 nitrogen and oxygen atoms in total. The molecule has 2 heterocycles. The number of carbonyl (C=O) groups is 2. The number of halogens is 2. The van der Waals surface area contributed by atoms with E-state index in [-0.39, 0.29) is 34.0 Å². The van der Waals surface area contributed by atoms with Crippen LogP contribution in [0.1, 0.15) is 27.8 Å². The van der Waals surface area contributed by atoms with E-state index >= 15 is 0 Å². The summed E-state index contributed by atoms with van der Waals surface area (Å²) in [6, 6.07) is 12.1. The summed E-state index contributed by atoms with van der Waals surface area (Å²) in [5.41, 5.74) is -0.885. The number of para-hydroxylation sites is 1. The van der Waals surface area contributed by atoms with Crippen molar-refractivity contribution < 1.29 is 23.1 Å². The fourth-order valence-electron chi connectivity index (χ4n) is 3.12. The highest BCUT2D eigenvalue weighted by Gasteiger charge is 2.25. The predicted octanol–water partition coefficient (Wildman–Crippen LogP) is 4.20. The SMILES string of the molecule is CCOC(=O)c1nn(-c2ccccc2)c(=O)c2c(NC(=O)c3c(F)cccc3Cl)occ12. The Morgan fingerprint density at radius 2 is 1.94 bits per heavy atom. The largest absolute Gasteiger partial charge is 0.461 e. The number of furan rings is 1. The second-order valence-electron chi connectivity index (χ2n) is 6.53. The van der Waals surface area contributed by atoms with Gasteiger partial charge in [0.25, 0.3) is 11.5 Å². The molecule has 0 aliphatic carbocycles. The van der Waals surface area contributed by atoms with Crippen molar-refractivity contribution in [1.29, 1.82) is 0 Å². The Morgan fingerprint density at radius 1 is 1.19 bits per heavy atom. The first-order valence-corrected chi connectivity index (χ1v) is 9.82. The molecule has 0 atom stereocenters. The standard InChI is InChI=1S/C22H15ClFN3O5/c1-2-31-22(30)18-13-11-32-20(25-19(28)17-14(23)9-6-10-15(17)24)16(13)21(29)27(26-18)12-7-4-3-5-8-12/h3-11H,2H2,1H3,(H,25,28). The molecule has 4 aromatic rings. The Balaban J connectivity index is 1.90. The molecule has 1 N–H and O–H groups in total. The van der Waals surface area contributed by atoms with E-state index in [1.54, 1.807) is 37.3 Å². The molecule has 0 aliphatic heterocycles. The van der Waals surface area contributed by atoms with Crippen molar-refractivity contribution in [3.05, 3.63) is 87.2 Å². The van der Waals surface area contributed by atoms with Gasteiger partial charge in [-0.3, -0.25) is 14.9 Å².